The molecular formula is C9H16O8. The van der Waals surface area contributed by atoms with Gasteiger partial charge in [-0.05, 0) is 6.92 Å². The van der Waals surface area contributed by atoms with Crippen molar-refractivity contribution in [3.63, 3.8) is 0 Å². The van der Waals surface area contributed by atoms with Gasteiger partial charge >= 0.3 is 0 Å². The molecule has 0 aromatic heterocycles. The first kappa shape index (κ1) is 16.1. The number of Topliss-reactive ketones (excluding diaryl/α,β-unsaturated/α-hetero) is 2. The number of ketones is 2. The minimum absolute atomic E-state index is 0.899. The fourth-order valence-corrected chi connectivity index (χ4v) is 1.03. The minimum atomic E-state index is -2.28. The maximum absolute atomic E-state index is 11.2. The van der Waals surface area contributed by atoms with Crippen molar-refractivity contribution in [2.75, 3.05) is 6.61 Å². The molecule has 5 atom stereocenters. The molecule has 0 spiro atoms. The van der Waals surface area contributed by atoms with Crippen LogP contribution < -0.4 is 0 Å². The number of hydrogen-bond acceptors (Lipinski definition) is 8. The number of hydrogen-bond donors (Lipinski definition) is 6. The lowest BCUT2D eigenvalue weighted by Crippen LogP contribution is -2.51. The molecule has 0 aromatic rings. The Labute approximate surface area is 96.7 Å². The second kappa shape index (κ2) is 6.74. The van der Waals surface area contributed by atoms with Crippen molar-refractivity contribution in [3.05, 3.63) is 0 Å². The predicted octanol–water partition coefficient (Wildman–Crippen LogP) is -4.06. The topological polar surface area (TPSA) is 156 Å². The van der Waals surface area contributed by atoms with Crippen LogP contribution in [0.4, 0.5) is 0 Å². The van der Waals surface area contributed by atoms with Gasteiger partial charge in [-0.3, -0.25) is 9.59 Å². The summed E-state index contributed by atoms with van der Waals surface area (Å²) in [5.41, 5.74) is 0. The lowest BCUT2D eigenvalue weighted by Gasteiger charge is -2.24. The van der Waals surface area contributed by atoms with E-state index in [9.17, 15) is 24.9 Å². The van der Waals surface area contributed by atoms with Crippen molar-refractivity contribution in [3.8, 4) is 0 Å². The number of carbonyl (C=O) groups is 2. The van der Waals surface area contributed by atoms with Crippen molar-refractivity contribution in [2.24, 2.45) is 0 Å². The van der Waals surface area contributed by atoms with Crippen LogP contribution in [0.5, 0.6) is 0 Å². The zero-order valence-electron chi connectivity index (χ0n) is 9.09. The molecule has 0 fully saturated rings. The van der Waals surface area contributed by atoms with E-state index < -0.39 is 48.7 Å². The summed E-state index contributed by atoms with van der Waals surface area (Å²) in [6.45, 7) is 0.0990. The predicted molar refractivity (Wildman–Crippen MR) is 52.8 cm³/mol. The van der Waals surface area contributed by atoms with E-state index in [1.54, 1.807) is 0 Å². The van der Waals surface area contributed by atoms with Gasteiger partial charge in [0.05, 0.1) is 6.61 Å². The molecule has 0 saturated carbocycles. The van der Waals surface area contributed by atoms with Crippen LogP contribution in [0.3, 0.4) is 0 Å². The zero-order valence-corrected chi connectivity index (χ0v) is 9.09. The summed E-state index contributed by atoms with van der Waals surface area (Å²) in [6.07, 6.45) is -9.85. The van der Waals surface area contributed by atoms with Gasteiger partial charge in [-0.2, -0.15) is 0 Å². The van der Waals surface area contributed by atoms with E-state index in [0.29, 0.717) is 0 Å². The molecule has 17 heavy (non-hydrogen) atoms. The average Bonchev–Trinajstić information content (AvgIpc) is 2.32. The van der Waals surface area contributed by atoms with E-state index >= 15 is 0 Å². The molecule has 0 rings (SSSR count). The van der Waals surface area contributed by atoms with Crippen molar-refractivity contribution >= 4 is 11.6 Å². The molecular weight excluding hydrogens is 236 g/mol. The van der Waals surface area contributed by atoms with E-state index in [4.69, 9.17) is 15.3 Å². The Morgan fingerprint density at radius 1 is 0.941 bits per heavy atom. The van der Waals surface area contributed by atoms with Gasteiger partial charge in [0.2, 0.25) is 11.6 Å². The van der Waals surface area contributed by atoms with Gasteiger partial charge in [0.15, 0.2) is 0 Å². The maximum Gasteiger partial charge on any atom is 0.232 e. The van der Waals surface area contributed by atoms with E-state index in [-0.39, 0.29) is 0 Å². The van der Waals surface area contributed by atoms with E-state index in [0.717, 1.165) is 6.92 Å². The lowest BCUT2D eigenvalue weighted by atomic mass is 9.97. The summed E-state index contributed by atoms with van der Waals surface area (Å²) in [6, 6.07) is 0. The molecule has 0 amide bonds. The summed E-state index contributed by atoms with van der Waals surface area (Å²) < 4.78 is 0. The third-order valence-electron chi connectivity index (χ3n) is 2.15. The molecule has 8 nitrogen and oxygen atoms in total. The molecule has 6 N–H and O–H groups in total. The standard InChI is InChI=1S/C9H16O8/c1-3(11)5(13)7(15)9(17)8(16)6(14)4(12)2-10/h3-4,6,8-12,14,16-17H,2H2,1H3/t3?,4-,6-,8+,9+/m1/s1. The summed E-state index contributed by atoms with van der Waals surface area (Å²) in [4.78, 5) is 22.2. The quantitative estimate of drug-likeness (QED) is 0.250. The van der Waals surface area contributed by atoms with Crippen LogP contribution in [-0.2, 0) is 9.59 Å². The third-order valence-corrected chi connectivity index (χ3v) is 2.15. The molecule has 0 saturated heterocycles. The molecule has 1 unspecified atom stereocenters. The highest BCUT2D eigenvalue weighted by molar-refractivity contribution is 6.40. The number of aliphatic hydroxyl groups is 6. The highest BCUT2D eigenvalue weighted by atomic mass is 16.4. The number of rotatable bonds is 7. The molecule has 8 heteroatoms. The molecule has 0 heterocycles. The molecule has 0 bridgehead atoms. The van der Waals surface area contributed by atoms with Crippen LogP contribution in [0.25, 0.3) is 0 Å². The van der Waals surface area contributed by atoms with Crippen LogP contribution in [0.2, 0.25) is 0 Å². The molecule has 0 aliphatic carbocycles. The number of carbonyl (C=O) groups excluding carboxylic acids is 2. The molecule has 0 radical (unpaired) electrons. The minimum Gasteiger partial charge on any atom is -0.394 e. The van der Waals surface area contributed by atoms with Gasteiger partial charge in [0.25, 0.3) is 0 Å². The smallest absolute Gasteiger partial charge is 0.232 e. The molecule has 0 aliphatic heterocycles. The van der Waals surface area contributed by atoms with Gasteiger partial charge in [-0.1, -0.05) is 0 Å². The first-order valence-electron chi connectivity index (χ1n) is 4.83. The fourth-order valence-electron chi connectivity index (χ4n) is 1.03. The summed E-state index contributed by atoms with van der Waals surface area (Å²) in [5.74, 6) is -2.82. The van der Waals surface area contributed by atoms with E-state index in [2.05, 4.69) is 0 Å². The van der Waals surface area contributed by atoms with Crippen LogP contribution in [0, 0.1) is 0 Å². The largest absolute Gasteiger partial charge is 0.394 e. The fraction of sp³-hybridized carbons (Fsp3) is 0.778. The highest BCUT2D eigenvalue weighted by Gasteiger charge is 2.37. The Kier molecular flexibility index (Phi) is 6.39. The van der Waals surface area contributed by atoms with Gasteiger partial charge in [-0.25, -0.2) is 0 Å². The SMILES string of the molecule is CC(O)C(=O)C(=O)[C@H](O)[C@@H](O)[C@H](O)[C@H](O)CO. The van der Waals surface area contributed by atoms with Crippen LogP contribution in [-0.4, -0.2) is 79.3 Å². The second-order valence-electron chi connectivity index (χ2n) is 3.58. The van der Waals surface area contributed by atoms with Crippen molar-refractivity contribution < 1.29 is 40.2 Å². The molecule has 0 aromatic carbocycles. The molecule has 100 valence electrons. The zero-order chi connectivity index (χ0) is 13.7. The van der Waals surface area contributed by atoms with Crippen LogP contribution in [0.15, 0.2) is 0 Å². The monoisotopic (exact) mass is 252 g/mol. The second-order valence-corrected chi connectivity index (χ2v) is 3.58. The van der Waals surface area contributed by atoms with Gasteiger partial charge < -0.3 is 30.6 Å². The summed E-state index contributed by atoms with van der Waals surface area (Å²) >= 11 is 0. The third kappa shape index (κ3) is 4.11. The van der Waals surface area contributed by atoms with Gasteiger partial charge in [0, 0.05) is 0 Å². The Bertz CT molecular complexity index is 276. The molecule has 0 aliphatic rings. The van der Waals surface area contributed by atoms with Crippen LogP contribution in [0.1, 0.15) is 6.92 Å². The normalized spacial score (nSPS) is 20.2. The number of aliphatic hydroxyl groups excluding tert-OH is 6. The van der Waals surface area contributed by atoms with Crippen molar-refractivity contribution in [1.82, 2.24) is 0 Å². The maximum atomic E-state index is 11.2. The Morgan fingerprint density at radius 2 is 1.41 bits per heavy atom. The van der Waals surface area contributed by atoms with Crippen molar-refractivity contribution in [2.45, 2.75) is 37.4 Å². The first-order valence-corrected chi connectivity index (χ1v) is 4.83. The van der Waals surface area contributed by atoms with E-state index in [1.165, 1.54) is 0 Å². The lowest BCUT2D eigenvalue weighted by molar-refractivity contribution is -0.156. The van der Waals surface area contributed by atoms with Crippen molar-refractivity contribution in [1.29, 1.82) is 0 Å². The summed E-state index contributed by atoms with van der Waals surface area (Å²) in [5, 5.41) is 53.9. The Morgan fingerprint density at radius 3 is 1.76 bits per heavy atom. The van der Waals surface area contributed by atoms with Crippen LogP contribution >= 0.6 is 0 Å². The Balaban J connectivity index is 4.65. The Hall–Kier alpha value is -0.900. The van der Waals surface area contributed by atoms with Gasteiger partial charge in [0.1, 0.15) is 30.5 Å². The van der Waals surface area contributed by atoms with Gasteiger partial charge in [-0.15, -0.1) is 0 Å². The van der Waals surface area contributed by atoms with E-state index in [1.807, 2.05) is 0 Å². The first-order chi connectivity index (χ1) is 7.73. The highest BCUT2D eigenvalue weighted by Crippen LogP contribution is 2.07. The average molecular weight is 252 g/mol. The summed E-state index contributed by atoms with van der Waals surface area (Å²) in [7, 11) is 0.